The van der Waals surface area contributed by atoms with E-state index in [1.54, 1.807) is 0 Å². The van der Waals surface area contributed by atoms with Crippen LogP contribution in [-0.2, 0) is 6.42 Å². The molecule has 0 radical (unpaired) electrons. The molecule has 172 valence electrons. The lowest BCUT2D eigenvalue weighted by Crippen LogP contribution is -2.05. The topological polar surface area (TPSA) is 0 Å². The Morgan fingerprint density at radius 1 is 0.818 bits per heavy atom. The van der Waals surface area contributed by atoms with E-state index in [0.717, 1.165) is 42.4 Å². The average Bonchev–Trinajstić information content (AvgIpc) is 2.84. The van der Waals surface area contributed by atoms with Crippen LogP contribution in [0.5, 0.6) is 0 Å². The zero-order chi connectivity index (χ0) is 23.2. The maximum absolute atomic E-state index is 14.9. The Bertz CT molecular complexity index is 1090. The van der Waals surface area contributed by atoms with Crippen molar-refractivity contribution >= 4 is 5.57 Å². The van der Waals surface area contributed by atoms with Crippen LogP contribution < -0.4 is 0 Å². The first-order chi connectivity index (χ1) is 16.1. The van der Waals surface area contributed by atoms with E-state index in [1.807, 2.05) is 36.4 Å². The quantitative estimate of drug-likeness (QED) is 0.303. The van der Waals surface area contributed by atoms with Crippen molar-refractivity contribution in [3.05, 3.63) is 89.5 Å². The normalized spacial score (nSPS) is 16.0. The SMILES string of the molecule is CCCCCC1CC=C(c2ccc(-c3cc(F)cc(F)c3-c3ccc(CC)cc3)cc2)CC1. The molecule has 0 heterocycles. The number of benzene rings is 3. The van der Waals surface area contributed by atoms with Crippen LogP contribution >= 0.6 is 0 Å². The molecule has 0 spiro atoms. The fourth-order valence-corrected chi connectivity index (χ4v) is 4.96. The Morgan fingerprint density at radius 2 is 1.52 bits per heavy atom. The summed E-state index contributed by atoms with van der Waals surface area (Å²) in [6.07, 6.45) is 12.1. The van der Waals surface area contributed by atoms with Crippen molar-refractivity contribution in [2.45, 2.75) is 65.2 Å². The van der Waals surface area contributed by atoms with E-state index in [2.05, 4.69) is 32.1 Å². The molecule has 0 nitrogen and oxygen atoms in total. The first-order valence-corrected chi connectivity index (χ1v) is 12.5. The molecule has 4 rings (SSSR count). The van der Waals surface area contributed by atoms with Gasteiger partial charge in [-0.05, 0) is 71.1 Å². The van der Waals surface area contributed by atoms with E-state index >= 15 is 0 Å². The van der Waals surface area contributed by atoms with E-state index in [1.165, 1.54) is 54.9 Å². The molecule has 0 saturated carbocycles. The second-order valence-corrected chi connectivity index (χ2v) is 9.30. The lowest BCUT2D eigenvalue weighted by Gasteiger charge is -2.22. The molecule has 0 aliphatic heterocycles. The van der Waals surface area contributed by atoms with Gasteiger partial charge in [0, 0.05) is 11.6 Å². The molecule has 1 aliphatic rings. The molecule has 33 heavy (non-hydrogen) atoms. The highest BCUT2D eigenvalue weighted by Gasteiger charge is 2.17. The maximum atomic E-state index is 14.9. The summed E-state index contributed by atoms with van der Waals surface area (Å²) in [6, 6.07) is 18.5. The molecule has 0 N–H and O–H groups in total. The molecule has 3 aromatic carbocycles. The number of rotatable bonds is 8. The van der Waals surface area contributed by atoms with Crippen molar-refractivity contribution in [1.29, 1.82) is 0 Å². The minimum Gasteiger partial charge on any atom is -0.207 e. The van der Waals surface area contributed by atoms with Crippen molar-refractivity contribution in [3.63, 3.8) is 0 Å². The van der Waals surface area contributed by atoms with E-state index in [4.69, 9.17) is 0 Å². The van der Waals surface area contributed by atoms with Crippen molar-refractivity contribution in [2.75, 3.05) is 0 Å². The summed E-state index contributed by atoms with van der Waals surface area (Å²) in [4.78, 5) is 0. The molecular formula is C31H34F2. The minimum atomic E-state index is -0.551. The summed E-state index contributed by atoms with van der Waals surface area (Å²) in [5.41, 5.74) is 6.47. The summed E-state index contributed by atoms with van der Waals surface area (Å²) >= 11 is 0. The average molecular weight is 445 g/mol. The lowest BCUT2D eigenvalue weighted by molar-refractivity contribution is 0.428. The Labute approximate surface area is 197 Å². The van der Waals surface area contributed by atoms with E-state index in [0.29, 0.717) is 11.1 Å². The highest BCUT2D eigenvalue weighted by atomic mass is 19.1. The molecular weight excluding hydrogens is 410 g/mol. The zero-order valence-corrected chi connectivity index (χ0v) is 19.8. The fourth-order valence-electron chi connectivity index (χ4n) is 4.96. The van der Waals surface area contributed by atoms with Gasteiger partial charge in [0.25, 0.3) is 0 Å². The van der Waals surface area contributed by atoms with Crippen molar-refractivity contribution < 1.29 is 8.78 Å². The predicted molar refractivity (Wildman–Crippen MR) is 136 cm³/mol. The van der Waals surface area contributed by atoms with Crippen LogP contribution in [0.4, 0.5) is 8.78 Å². The monoisotopic (exact) mass is 444 g/mol. The van der Waals surface area contributed by atoms with Crippen LogP contribution in [0.25, 0.3) is 27.8 Å². The second kappa shape index (κ2) is 10.9. The lowest BCUT2D eigenvalue weighted by atomic mass is 9.83. The van der Waals surface area contributed by atoms with Crippen molar-refractivity contribution in [3.8, 4) is 22.3 Å². The highest BCUT2D eigenvalue weighted by molar-refractivity contribution is 5.84. The predicted octanol–water partition coefficient (Wildman–Crippen LogP) is 9.62. The Hall–Kier alpha value is -2.74. The first kappa shape index (κ1) is 23.4. The number of unbranched alkanes of at least 4 members (excludes halogenated alkanes) is 2. The van der Waals surface area contributed by atoms with Crippen LogP contribution in [0.2, 0.25) is 0 Å². The van der Waals surface area contributed by atoms with Crippen molar-refractivity contribution in [2.24, 2.45) is 5.92 Å². The summed E-state index contributed by atoms with van der Waals surface area (Å²) in [5, 5.41) is 0. The summed E-state index contributed by atoms with van der Waals surface area (Å²) < 4.78 is 29.1. The smallest absolute Gasteiger partial charge is 0.134 e. The highest BCUT2D eigenvalue weighted by Crippen LogP contribution is 2.37. The largest absolute Gasteiger partial charge is 0.207 e. The number of aryl methyl sites for hydroxylation is 1. The number of halogens is 2. The maximum Gasteiger partial charge on any atom is 0.134 e. The van der Waals surface area contributed by atoms with Gasteiger partial charge in [-0.1, -0.05) is 94.1 Å². The van der Waals surface area contributed by atoms with Crippen LogP contribution in [-0.4, -0.2) is 0 Å². The van der Waals surface area contributed by atoms with E-state index < -0.39 is 11.6 Å². The summed E-state index contributed by atoms with van der Waals surface area (Å²) in [5.74, 6) is -0.261. The molecule has 1 aliphatic carbocycles. The van der Waals surface area contributed by atoms with Gasteiger partial charge < -0.3 is 0 Å². The Balaban J connectivity index is 1.58. The Morgan fingerprint density at radius 3 is 2.15 bits per heavy atom. The van der Waals surface area contributed by atoms with Crippen LogP contribution in [0.15, 0.2) is 66.7 Å². The molecule has 0 saturated heterocycles. The fraction of sp³-hybridized carbons (Fsp3) is 0.355. The van der Waals surface area contributed by atoms with Gasteiger partial charge in [-0.15, -0.1) is 0 Å². The van der Waals surface area contributed by atoms with Gasteiger partial charge in [0.15, 0.2) is 0 Å². The van der Waals surface area contributed by atoms with E-state index in [9.17, 15) is 8.78 Å². The minimum absolute atomic E-state index is 0.457. The van der Waals surface area contributed by atoms with Gasteiger partial charge in [-0.25, -0.2) is 8.78 Å². The van der Waals surface area contributed by atoms with Gasteiger partial charge in [-0.2, -0.15) is 0 Å². The molecule has 0 fully saturated rings. The van der Waals surface area contributed by atoms with Crippen molar-refractivity contribution in [1.82, 2.24) is 0 Å². The molecule has 2 heteroatoms. The standard InChI is InChI=1S/C31H34F2/c1-3-5-6-7-23-10-12-24(13-11-23)25-16-18-26(19-17-25)29-20-28(32)21-30(33)31(29)27-14-8-22(4-2)9-15-27/h8-9,12,14-21,23H,3-7,10-11,13H2,1-2H3. The zero-order valence-electron chi connectivity index (χ0n) is 19.8. The van der Waals surface area contributed by atoms with Gasteiger partial charge in [0.1, 0.15) is 11.6 Å². The number of hydrogen-bond donors (Lipinski definition) is 0. The number of allylic oxidation sites excluding steroid dienone is 2. The van der Waals surface area contributed by atoms with Gasteiger partial charge in [0.2, 0.25) is 0 Å². The molecule has 1 atom stereocenters. The summed E-state index contributed by atoms with van der Waals surface area (Å²) in [7, 11) is 0. The third-order valence-corrected chi connectivity index (χ3v) is 7.01. The first-order valence-electron chi connectivity index (χ1n) is 12.5. The Kier molecular flexibility index (Phi) is 7.75. The number of hydrogen-bond acceptors (Lipinski definition) is 0. The summed E-state index contributed by atoms with van der Waals surface area (Å²) in [6.45, 7) is 4.35. The van der Waals surface area contributed by atoms with Gasteiger partial charge >= 0.3 is 0 Å². The third-order valence-electron chi connectivity index (χ3n) is 7.01. The van der Waals surface area contributed by atoms with Crippen LogP contribution in [0.1, 0.15) is 69.9 Å². The van der Waals surface area contributed by atoms with Crippen LogP contribution in [0, 0.1) is 17.6 Å². The van der Waals surface area contributed by atoms with E-state index in [-0.39, 0.29) is 0 Å². The molecule has 0 bridgehead atoms. The van der Waals surface area contributed by atoms with Gasteiger partial charge in [-0.3, -0.25) is 0 Å². The molecule has 3 aromatic rings. The molecule has 0 amide bonds. The van der Waals surface area contributed by atoms with Gasteiger partial charge in [0.05, 0.1) is 0 Å². The second-order valence-electron chi connectivity index (χ2n) is 9.30. The molecule has 0 aromatic heterocycles. The third kappa shape index (κ3) is 5.61. The molecule has 1 unspecified atom stereocenters. The van der Waals surface area contributed by atoms with Crippen LogP contribution in [0.3, 0.4) is 0 Å².